The Labute approximate surface area is 234 Å². The smallest absolute Gasteiger partial charge is 0.135 e. The monoisotopic (exact) mass is 529 g/mol. The molecule has 3 nitrogen and oxygen atoms in total. The predicted molar refractivity (Wildman–Crippen MR) is 162 cm³/mol. The Morgan fingerprint density at radius 3 is 1.54 bits per heavy atom. The summed E-state index contributed by atoms with van der Waals surface area (Å²) in [7, 11) is 0. The van der Waals surface area contributed by atoms with Crippen molar-refractivity contribution >= 4 is 43.9 Å². The maximum atomic E-state index is 14.5. The van der Waals surface area contributed by atoms with E-state index in [-0.39, 0.29) is 5.82 Å². The van der Waals surface area contributed by atoms with Crippen LogP contribution < -0.4 is 0 Å². The minimum Gasteiger partial charge on any atom is -0.456 e. The largest absolute Gasteiger partial charge is 0.456 e. The van der Waals surface area contributed by atoms with Crippen LogP contribution in [0, 0.1) is 17.1 Å². The van der Waals surface area contributed by atoms with Crippen molar-refractivity contribution in [3.05, 3.63) is 133 Å². The van der Waals surface area contributed by atoms with Crippen LogP contribution in [0.1, 0.15) is 5.56 Å². The molecule has 0 unspecified atom stereocenters. The average Bonchev–Trinajstić information content (AvgIpc) is 3.58. The molecule has 8 aromatic rings. The molecule has 0 aliphatic carbocycles. The Balaban J connectivity index is 1.38. The van der Waals surface area contributed by atoms with E-state index in [1.54, 1.807) is 0 Å². The predicted octanol–water partition coefficient (Wildman–Crippen LogP) is 10.5. The lowest BCUT2D eigenvalue weighted by Gasteiger charge is -2.13. The van der Waals surface area contributed by atoms with Crippen molar-refractivity contribution in [3.63, 3.8) is 0 Å². The number of nitriles is 1. The third kappa shape index (κ3) is 3.79. The van der Waals surface area contributed by atoms with Crippen molar-refractivity contribution in [2.24, 2.45) is 0 Å². The number of fused-ring (bicyclic) bond motifs is 6. The zero-order valence-corrected chi connectivity index (χ0v) is 21.7. The summed E-state index contributed by atoms with van der Waals surface area (Å²) >= 11 is 0. The van der Waals surface area contributed by atoms with E-state index >= 15 is 0 Å². The van der Waals surface area contributed by atoms with E-state index in [0.29, 0.717) is 11.1 Å². The first-order valence-electron chi connectivity index (χ1n) is 13.3. The van der Waals surface area contributed by atoms with E-state index in [2.05, 4.69) is 36.4 Å². The van der Waals surface area contributed by atoms with Gasteiger partial charge in [0.25, 0.3) is 0 Å². The van der Waals surface area contributed by atoms with Gasteiger partial charge in [-0.3, -0.25) is 0 Å². The number of hydrogen-bond donors (Lipinski definition) is 0. The Kier molecular flexibility index (Phi) is 5.07. The molecule has 41 heavy (non-hydrogen) atoms. The Morgan fingerprint density at radius 2 is 0.976 bits per heavy atom. The lowest BCUT2D eigenvalue weighted by atomic mass is 9.91. The summed E-state index contributed by atoms with van der Waals surface area (Å²) < 4.78 is 26.6. The number of hydrogen-bond acceptors (Lipinski definition) is 3. The maximum absolute atomic E-state index is 14.5. The summed E-state index contributed by atoms with van der Waals surface area (Å²) in [6.45, 7) is 0. The fourth-order valence-electron chi connectivity index (χ4n) is 5.78. The van der Waals surface area contributed by atoms with Gasteiger partial charge in [-0.2, -0.15) is 5.26 Å². The highest BCUT2D eigenvalue weighted by atomic mass is 19.1. The van der Waals surface area contributed by atoms with Gasteiger partial charge < -0.3 is 8.83 Å². The highest BCUT2D eigenvalue weighted by molar-refractivity contribution is 6.07. The van der Waals surface area contributed by atoms with Crippen LogP contribution in [0.3, 0.4) is 0 Å². The molecule has 8 rings (SSSR count). The van der Waals surface area contributed by atoms with Crippen molar-refractivity contribution in [2.45, 2.75) is 0 Å². The van der Waals surface area contributed by atoms with Crippen molar-refractivity contribution in [2.75, 3.05) is 0 Å². The molecule has 192 valence electrons. The van der Waals surface area contributed by atoms with Gasteiger partial charge in [-0.15, -0.1) is 0 Å². The normalized spacial score (nSPS) is 11.5. The summed E-state index contributed by atoms with van der Waals surface area (Å²) in [5, 5.41) is 14.0. The zero-order valence-electron chi connectivity index (χ0n) is 21.7. The number of halogens is 1. The molecule has 0 saturated heterocycles. The molecule has 2 aromatic heterocycles. The van der Waals surface area contributed by atoms with Gasteiger partial charge in [0, 0.05) is 27.1 Å². The number of furan rings is 2. The van der Waals surface area contributed by atoms with Crippen molar-refractivity contribution in [1.29, 1.82) is 5.26 Å². The number of nitrogens with zero attached hydrogens (tertiary/aromatic N) is 1. The van der Waals surface area contributed by atoms with Crippen LogP contribution in [0.4, 0.5) is 4.39 Å². The third-order valence-electron chi connectivity index (χ3n) is 7.77. The lowest BCUT2D eigenvalue weighted by Crippen LogP contribution is -1.90. The van der Waals surface area contributed by atoms with Crippen LogP contribution in [-0.4, -0.2) is 0 Å². The topological polar surface area (TPSA) is 50.1 Å². The molecule has 0 bridgehead atoms. The van der Waals surface area contributed by atoms with E-state index in [1.807, 2.05) is 72.8 Å². The number of rotatable bonds is 3. The average molecular weight is 530 g/mol. The van der Waals surface area contributed by atoms with Gasteiger partial charge in [0.2, 0.25) is 0 Å². The molecule has 0 N–H and O–H groups in total. The minimum absolute atomic E-state index is 0.386. The fraction of sp³-hybridized carbons (Fsp3) is 0. The first-order chi connectivity index (χ1) is 20.1. The SMILES string of the molecule is N#Cc1ccc(F)cc1-c1cc(-c2ccc3oc4ccccc4c3c2)cc(-c2ccc3oc4ccccc4c3c2)c1. The van der Waals surface area contributed by atoms with Gasteiger partial charge in [-0.1, -0.05) is 48.5 Å². The molecule has 6 aromatic carbocycles. The number of para-hydroxylation sites is 2. The molecule has 0 fully saturated rings. The molecule has 0 aliphatic rings. The first kappa shape index (κ1) is 23.2. The molecule has 0 atom stereocenters. The molecule has 4 heteroatoms. The van der Waals surface area contributed by atoms with E-state index in [1.165, 1.54) is 18.2 Å². The van der Waals surface area contributed by atoms with E-state index in [9.17, 15) is 9.65 Å². The Hall–Kier alpha value is -5.66. The molecule has 0 saturated carbocycles. The summed E-state index contributed by atoms with van der Waals surface area (Å²) in [6, 6.07) is 41.0. The highest BCUT2D eigenvalue weighted by Crippen LogP contribution is 2.39. The maximum Gasteiger partial charge on any atom is 0.135 e. The van der Waals surface area contributed by atoms with Crippen LogP contribution in [0.15, 0.2) is 130 Å². The van der Waals surface area contributed by atoms with Crippen molar-refractivity contribution < 1.29 is 13.2 Å². The van der Waals surface area contributed by atoms with Crippen molar-refractivity contribution in [1.82, 2.24) is 0 Å². The zero-order chi connectivity index (χ0) is 27.5. The summed E-state index contributed by atoms with van der Waals surface area (Å²) in [4.78, 5) is 0. The third-order valence-corrected chi connectivity index (χ3v) is 7.77. The molecular weight excluding hydrogens is 509 g/mol. The van der Waals surface area contributed by atoms with E-state index in [0.717, 1.165) is 71.7 Å². The minimum atomic E-state index is -0.386. The molecule has 0 aliphatic heterocycles. The van der Waals surface area contributed by atoms with Gasteiger partial charge in [0.1, 0.15) is 28.1 Å². The van der Waals surface area contributed by atoms with Gasteiger partial charge in [0.05, 0.1) is 11.6 Å². The van der Waals surface area contributed by atoms with Crippen LogP contribution >= 0.6 is 0 Å². The van der Waals surface area contributed by atoms with E-state index in [4.69, 9.17) is 8.83 Å². The van der Waals surface area contributed by atoms with Gasteiger partial charge >= 0.3 is 0 Å². The second-order valence-electron chi connectivity index (χ2n) is 10.2. The van der Waals surface area contributed by atoms with E-state index < -0.39 is 0 Å². The fourth-order valence-corrected chi connectivity index (χ4v) is 5.78. The molecule has 0 radical (unpaired) electrons. The molecule has 2 heterocycles. The Morgan fingerprint density at radius 1 is 0.463 bits per heavy atom. The second-order valence-corrected chi connectivity index (χ2v) is 10.2. The lowest BCUT2D eigenvalue weighted by molar-refractivity contribution is 0.628. The molecule has 0 amide bonds. The van der Waals surface area contributed by atoms with Crippen LogP contribution in [0.5, 0.6) is 0 Å². The Bertz CT molecular complexity index is 2220. The van der Waals surface area contributed by atoms with Crippen LogP contribution in [-0.2, 0) is 0 Å². The molecule has 0 spiro atoms. The summed E-state index contributed by atoms with van der Waals surface area (Å²) in [5.74, 6) is -0.386. The van der Waals surface area contributed by atoms with Crippen LogP contribution in [0.2, 0.25) is 0 Å². The van der Waals surface area contributed by atoms with Gasteiger partial charge in [-0.25, -0.2) is 4.39 Å². The molecular formula is C37H20FNO2. The van der Waals surface area contributed by atoms with Crippen LogP contribution in [0.25, 0.3) is 77.3 Å². The van der Waals surface area contributed by atoms with Gasteiger partial charge in [-0.05, 0) is 101 Å². The van der Waals surface area contributed by atoms with Crippen molar-refractivity contribution in [3.8, 4) is 39.4 Å². The summed E-state index contributed by atoms with van der Waals surface area (Å²) in [6.07, 6.45) is 0. The number of benzene rings is 6. The standard InChI is InChI=1S/C37H20FNO2/c38-28-12-9-24(21-39)31(20-28)27-16-25(22-10-13-36-32(18-22)29-5-1-3-7-34(29)40-36)15-26(17-27)23-11-14-37-33(19-23)30-6-2-4-8-35(30)41-37/h1-20H. The quantitative estimate of drug-likeness (QED) is 0.229. The van der Waals surface area contributed by atoms with Gasteiger partial charge in [0.15, 0.2) is 0 Å². The second kappa shape index (κ2) is 8.94. The highest BCUT2D eigenvalue weighted by Gasteiger charge is 2.15. The first-order valence-corrected chi connectivity index (χ1v) is 13.3. The summed E-state index contributed by atoms with van der Waals surface area (Å²) in [5.41, 5.74) is 8.96.